The lowest BCUT2D eigenvalue weighted by molar-refractivity contribution is -0.377. The van der Waals surface area contributed by atoms with Gasteiger partial charge in [-0.15, -0.1) is 0 Å². The third kappa shape index (κ3) is 1.74. The van der Waals surface area contributed by atoms with Crippen LogP contribution in [0.2, 0.25) is 0 Å². The minimum Gasteiger partial charge on any atom is -0.385 e. The van der Waals surface area contributed by atoms with Crippen LogP contribution < -0.4 is 0 Å². The topological polar surface area (TPSA) is 114 Å². The van der Waals surface area contributed by atoms with E-state index in [9.17, 15) is 10.2 Å². The van der Waals surface area contributed by atoms with Gasteiger partial charge in [-0.25, -0.2) is 0 Å². The molecule has 25 heavy (non-hydrogen) atoms. The minimum absolute atomic E-state index is 0.146. The van der Waals surface area contributed by atoms with E-state index < -0.39 is 66.6 Å². The van der Waals surface area contributed by atoms with E-state index in [1.807, 2.05) is 0 Å². The van der Waals surface area contributed by atoms with Crippen molar-refractivity contribution in [3.63, 3.8) is 0 Å². The van der Waals surface area contributed by atoms with Gasteiger partial charge in [0.05, 0.1) is 13.2 Å². The van der Waals surface area contributed by atoms with Crippen LogP contribution in [-0.2, 0) is 37.9 Å². The molecule has 6 aliphatic rings. The van der Waals surface area contributed by atoms with E-state index in [0.29, 0.717) is 0 Å². The molecule has 6 rings (SSSR count). The van der Waals surface area contributed by atoms with E-state index in [4.69, 9.17) is 37.9 Å². The highest BCUT2D eigenvalue weighted by Gasteiger charge is 2.80. The smallest absolute Gasteiger partial charge is 0.235 e. The molecule has 6 aliphatic heterocycles. The third-order valence-electron chi connectivity index (χ3n) is 5.73. The van der Waals surface area contributed by atoms with Crippen LogP contribution in [0, 0.1) is 0 Å². The Labute approximate surface area is 142 Å². The molecular weight excluding hydrogens is 340 g/mol. The standard InChI is InChI=1S/C15H20O10/c1-13(2)22-10-12-19-4-6(21-12)9-15(10,24-13)25-14(23-9)7(16)5-3-18-11(20-5)8(14)17/h5-12,16-17H,3-4H2,1-2H3. The Morgan fingerprint density at radius 1 is 0.760 bits per heavy atom. The number of hydrogen-bond acceptors (Lipinski definition) is 10. The molecular formula is C15H20O10. The van der Waals surface area contributed by atoms with Gasteiger partial charge in [-0.1, -0.05) is 0 Å². The van der Waals surface area contributed by atoms with E-state index >= 15 is 0 Å². The van der Waals surface area contributed by atoms with Gasteiger partial charge in [0.15, 0.2) is 30.6 Å². The fourth-order valence-corrected chi connectivity index (χ4v) is 4.76. The van der Waals surface area contributed by atoms with Crippen LogP contribution in [0.1, 0.15) is 13.8 Å². The Kier molecular flexibility index (Phi) is 2.83. The lowest BCUT2D eigenvalue weighted by Crippen LogP contribution is -2.66. The van der Waals surface area contributed by atoms with E-state index in [1.54, 1.807) is 13.8 Å². The van der Waals surface area contributed by atoms with Crippen molar-refractivity contribution in [2.24, 2.45) is 0 Å². The first-order chi connectivity index (χ1) is 11.8. The van der Waals surface area contributed by atoms with E-state index in [2.05, 4.69) is 0 Å². The number of aliphatic hydroxyl groups excluding tert-OH is 2. The van der Waals surface area contributed by atoms with Crippen LogP contribution in [0.25, 0.3) is 0 Å². The minimum atomic E-state index is -1.75. The van der Waals surface area contributed by atoms with Gasteiger partial charge in [0, 0.05) is 0 Å². The zero-order valence-electron chi connectivity index (χ0n) is 13.7. The molecule has 10 unspecified atom stereocenters. The lowest BCUT2D eigenvalue weighted by atomic mass is 9.96. The summed E-state index contributed by atoms with van der Waals surface area (Å²) in [6.07, 6.45) is -6.78. The van der Waals surface area contributed by atoms with Crippen molar-refractivity contribution in [3.05, 3.63) is 0 Å². The monoisotopic (exact) mass is 360 g/mol. The number of fused-ring (bicyclic) bond motifs is 6. The molecule has 6 fully saturated rings. The molecule has 0 saturated carbocycles. The summed E-state index contributed by atoms with van der Waals surface area (Å²) < 4.78 is 46.8. The molecule has 0 aromatic heterocycles. The summed E-state index contributed by atoms with van der Waals surface area (Å²) in [5.41, 5.74) is 0. The summed E-state index contributed by atoms with van der Waals surface area (Å²) in [5, 5.41) is 21.5. The molecule has 10 heteroatoms. The predicted molar refractivity (Wildman–Crippen MR) is 72.7 cm³/mol. The van der Waals surface area contributed by atoms with E-state index in [0.717, 1.165) is 0 Å². The van der Waals surface area contributed by atoms with Gasteiger partial charge in [0.2, 0.25) is 11.6 Å². The van der Waals surface area contributed by atoms with Gasteiger partial charge in [-0.3, -0.25) is 0 Å². The third-order valence-corrected chi connectivity index (χ3v) is 5.73. The summed E-state index contributed by atoms with van der Waals surface area (Å²) in [6.45, 7) is 3.94. The Morgan fingerprint density at radius 2 is 1.48 bits per heavy atom. The molecule has 4 bridgehead atoms. The molecule has 140 valence electrons. The SMILES string of the molecule is CC1(C)OC2C3OCC(O3)C3OC4(OC32O1)C(O)C1COC(O1)C4O. The van der Waals surface area contributed by atoms with Crippen molar-refractivity contribution in [1.29, 1.82) is 0 Å². The van der Waals surface area contributed by atoms with Gasteiger partial charge < -0.3 is 48.1 Å². The zero-order chi connectivity index (χ0) is 17.2. The Hall–Kier alpha value is -0.400. The first-order valence-corrected chi connectivity index (χ1v) is 8.51. The average molecular weight is 360 g/mol. The van der Waals surface area contributed by atoms with Gasteiger partial charge in [0.1, 0.15) is 24.4 Å². The highest BCUT2D eigenvalue weighted by Crippen LogP contribution is 2.58. The van der Waals surface area contributed by atoms with Crippen LogP contribution in [0.5, 0.6) is 0 Å². The van der Waals surface area contributed by atoms with Crippen molar-refractivity contribution in [2.75, 3.05) is 13.2 Å². The Balaban J connectivity index is 1.46. The molecule has 6 saturated heterocycles. The van der Waals surface area contributed by atoms with Crippen LogP contribution in [0.15, 0.2) is 0 Å². The lowest BCUT2D eigenvalue weighted by Gasteiger charge is -2.43. The van der Waals surface area contributed by atoms with Crippen LogP contribution in [-0.4, -0.2) is 90.0 Å². The molecule has 10 nitrogen and oxygen atoms in total. The number of ether oxygens (including phenoxy) is 8. The predicted octanol–water partition coefficient (Wildman–Crippen LogP) is -1.82. The summed E-state index contributed by atoms with van der Waals surface area (Å²) >= 11 is 0. The van der Waals surface area contributed by atoms with Crippen molar-refractivity contribution >= 4 is 0 Å². The maximum atomic E-state index is 10.8. The first-order valence-electron chi connectivity index (χ1n) is 8.51. The second kappa shape index (κ2) is 4.53. The molecule has 10 atom stereocenters. The fraction of sp³-hybridized carbons (Fsp3) is 1.00. The Morgan fingerprint density at radius 3 is 2.32 bits per heavy atom. The quantitative estimate of drug-likeness (QED) is 0.512. The van der Waals surface area contributed by atoms with Crippen molar-refractivity contribution in [2.45, 2.75) is 80.4 Å². The Bertz CT molecular complexity index is 595. The van der Waals surface area contributed by atoms with Crippen LogP contribution >= 0.6 is 0 Å². The summed E-state index contributed by atoms with van der Waals surface area (Å²) in [7, 11) is 0. The van der Waals surface area contributed by atoms with Crippen molar-refractivity contribution < 1.29 is 48.1 Å². The van der Waals surface area contributed by atoms with Crippen molar-refractivity contribution in [3.8, 4) is 0 Å². The van der Waals surface area contributed by atoms with Gasteiger partial charge in [-0.05, 0) is 13.8 Å². The normalized spacial score (nSPS) is 63.8. The maximum Gasteiger partial charge on any atom is 0.235 e. The molecule has 2 N–H and O–H groups in total. The molecule has 0 aromatic carbocycles. The molecule has 2 spiro atoms. The molecule has 0 amide bonds. The molecule has 0 aromatic rings. The van der Waals surface area contributed by atoms with E-state index in [1.165, 1.54) is 0 Å². The maximum absolute atomic E-state index is 10.8. The largest absolute Gasteiger partial charge is 0.385 e. The molecule has 6 heterocycles. The first kappa shape index (κ1) is 15.6. The second-order valence-electron chi connectivity index (χ2n) is 7.77. The summed E-state index contributed by atoms with van der Waals surface area (Å²) in [6, 6.07) is 0. The second-order valence-corrected chi connectivity index (χ2v) is 7.77. The molecule has 0 radical (unpaired) electrons. The highest BCUT2D eigenvalue weighted by atomic mass is 16.9. The van der Waals surface area contributed by atoms with Gasteiger partial charge >= 0.3 is 0 Å². The van der Waals surface area contributed by atoms with Crippen LogP contribution in [0.4, 0.5) is 0 Å². The van der Waals surface area contributed by atoms with Gasteiger partial charge in [0.25, 0.3) is 0 Å². The number of rotatable bonds is 0. The van der Waals surface area contributed by atoms with E-state index in [-0.39, 0.29) is 13.2 Å². The number of aliphatic hydroxyl groups is 2. The molecule has 0 aliphatic carbocycles. The highest BCUT2D eigenvalue weighted by molar-refractivity contribution is 5.15. The fourth-order valence-electron chi connectivity index (χ4n) is 4.76. The van der Waals surface area contributed by atoms with Gasteiger partial charge in [-0.2, -0.15) is 0 Å². The average Bonchev–Trinajstić information content (AvgIpc) is 3.28. The summed E-state index contributed by atoms with van der Waals surface area (Å²) in [4.78, 5) is 0. The van der Waals surface area contributed by atoms with Crippen molar-refractivity contribution in [1.82, 2.24) is 0 Å². The zero-order valence-corrected chi connectivity index (χ0v) is 13.7. The van der Waals surface area contributed by atoms with Crippen LogP contribution in [0.3, 0.4) is 0 Å². The summed E-state index contributed by atoms with van der Waals surface area (Å²) in [5.74, 6) is -4.07. The number of hydrogen-bond donors (Lipinski definition) is 2.